The Morgan fingerprint density at radius 3 is 1.50 bits per heavy atom. The molecule has 0 aliphatic carbocycles. The Balaban J connectivity index is 3.22. The molecule has 0 heterocycles. The Morgan fingerprint density at radius 1 is 0.778 bits per heavy atom. The van der Waals surface area contributed by atoms with E-state index in [0.29, 0.717) is 38.3 Å². The van der Waals surface area contributed by atoms with Crippen molar-refractivity contribution >= 4 is 6.16 Å². The van der Waals surface area contributed by atoms with Gasteiger partial charge in [0, 0.05) is 13.2 Å². The summed E-state index contributed by atoms with van der Waals surface area (Å²) in [6, 6.07) is 0. The molecule has 0 aromatic carbocycles. The number of carbonyl (C=O) groups excluding carboxylic acids is 1. The van der Waals surface area contributed by atoms with Crippen LogP contribution in [0.3, 0.4) is 0 Å². The van der Waals surface area contributed by atoms with Gasteiger partial charge in [-0.2, -0.15) is 0 Å². The average Bonchev–Trinajstić information content (AvgIpc) is 2.27. The zero-order valence-corrected chi connectivity index (χ0v) is 11.9. The Bertz CT molecular complexity index is 184. The van der Waals surface area contributed by atoms with Crippen LogP contribution in [-0.4, -0.2) is 45.8 Å². The highest BCUT2D eigenvalue weighted by Gasteiger charge is 2.03. The summed E-state index contributed by atoms with van der Waals surface area (Å²) in [6.07, 6.45) is -0.670. The third kappa shape index (κ3) is 13.3. The molecule has 0 radical (unpaired) electrons. The molecule has 0 fully saturated rings. The highest BCUT2D eigenvalue weighted by atomic mass is 16.7. The minimum Gasteiger partial charge on any atom is -0.432 e. The topological polar surface area (TPSA) is 54.0 Å². The van der Waals surface area contributed by atoms with Crippen LogP contribution in [0.4, 0.5) is 4.79 Å². The summed E-state index contributed by atoms with van der Waals surface area (Å²) in [5, 5.41) is 0. The highest BCUT2D eigenvalue weighted by Crippen LogP contribution is 1.94. The summed E-state index contributed by atoms with van der Waals surface area (Å²) in [5.41, 5.74) is 0. The fraction of sp³-hybridized carbons (Fsp3) is 0.923. The average molecular weight is 262 g/mol. The van der Waals surface area contributed by atoms with Crippen LogP contribution in [0.5, 0.6) is 0 Å². The fourth-order valence-electron chi connectivity index (χ4n) is 1.05. The van der Waals surface area contributed by atoms with Crippen molar-refractivity contribution in [3.63, 3.8) is 0 Å². The lowest BCUT2D eigenvalue weighted by atomic mass is 10.2. The van der Waals surface area contributed by atoms with E-state index in [1.165, 1.54) is 0 Å². The Hall–Kier alpha value is -0.810. The van der Waals surface area contributed by atoms with Crippen molar-refractivity contribution in [2.24, 2.45) is 11.8 Å². The molecule has 0 bridgehead atoms. The molecule has 0 amide bonds. The van der Waals surface area contributed by atoms with Gasteiger partial charge in [-0.1, -0.05) is 27.7 Å². The minimum absolute atomic E-state index is 0.221. The summed E-state index contributed by atoms with van der Waals surface area (Å²) in [6.45, 7) is 10.8. The van der Waals surface area contributed by atoms with E-state index in [4.69, 9.17) is 18.9 Å². The fourth-order valence-corrected chi connectivity index (χ4v) is 1.05. The first kappa shape index (κ1) is 17.2. The van der Waals surface area contributed by atoms with E-state index in [9.17, 15) is 4.79 Å². The van der Waals surface area contributed by atoms with Gasteiger partial charge in [-0.3, -0.25) is 0 Å². The number of hydrogen-bond acceptors (Lipinski definition) is 5. The number of hydrogen-bond donors (Lipinski definition) is 0. The third-order valence-corrected chi connectivity index (χ3v) is 1.80. The first-order valence-corrected chi connectivity index (χ1v) is 6.47. The minimum atomic E-state index is -0.670. The van der Waals surface area contributed by atoms with Gasteiger partial charge >= 0.3 is 6.16 Å². The molecule has 0 unspecified atom stereocenters. The van der Waals surface area contributed by atoms with Crippen LogP contribution in [0.15, 0.2) is 0 Å². The smallest absolute Gasteiger partial charge is 0.432 e. The van der Waals surface area contributed by atoms with Crippen LogP contribution in [0.2, 0.25) is 0 Å². The van der Waals surface area contributed by atoms with Crippen LogP contribution in [0.25, 0.3) is 0 Å². The maximum Gasteiger partial charge on any atom is 0.508 e. The number of carbonyl (C=O) groups is 1. The molecular weight excluding hydrogens is 236 g/mol. The first-order valence-electron chi connectivity index (χ1n) is 6.47. The SMILES string of the molecule is CC(C)COCCOC(=O)OCCOCC(C)C. The Kier molecular flexibility index (Phi) is 10.8. The van der Waals surface area contributed by atoms with E-state index in [0.717, 1.165) is 0 Å². The molecule has 5 nitrogen and oxygen atoms in total. The van der Waals surface area contributed by atoms with Crippen molar-refractivity contribution in [2.45, 2.75) is 27.7 Å². The lowest BCUT2D eigenvalue weighted by molar-refractivity contribution is 0.00546. The molecule has 0 aliphatic heterocycles. The summed E-state index contributed by atoms with van der Waals surface area (Å²) in [7, 11) is 0. The normalized spacial score (nSPS) is 11.0. The molecule has 0 aromatic rings. The molecule has 0 spiro atoms. The summed E-state index contributed by atoms with van der Waals surface area (Å²) in [5.74, 6) is 0.963. The van der Waals surface area contributed by atoms with Gasteiger partial charge < -0.3 is 18.9 Å². The predicted octanol–water partition coefficient (Wildman–Crippen LogP) is 2.48. The van der Waals surface area contributed by atoms with Gasteiger partial charge in [-0.05, 0) is 11.8 Å². The first-order chi connectivity index (χ1) is 8.52. The van der Waals surface area contributed by atoms with Crippen LogP contribution in [0.1, 0.15) is 27.7 Å². The van der Waals surface area contributed by atoms with Gasteiger partial charge in [-0.15, -0.1) is 0 Å². The largest absolute Gasteiger partial charge is 0.508 e. The third-order valence-electron chi connectivity index (χ3n) is 1.80. The van der Waals surface area contributed by atoms with Crippen LogP contribution in [0, 0.1) is 11.8 Å². The van der Waals surface area contributed by atoms with Crippen molar-refractivity contribution in [1.29, 1.82) is 0 Å². The highest BCUT2D eigenvalue weighted by molar-refractivity contribution is 5.59. The monoisotopic (exact) mass is 262 g/mol. The molecule has 0 N–H and O–H groups in total. The van der Waals surface area contributed by atoms with Crippen LogP contribution >= 0.6 is 0 Å². The zero-order chi connectivity index (χ0) is 13.8. The summed E-state index contributed by atoms with van der Waals surface area (Å²) in [4.78, 5) is 11.1. The molecule has 108 valence electrons. The van der Waals surface area contributed by atoms with Gasteiger partial charge in [0.1, 0.15) is 13.2 Å². The molecule has 5 heteroatoms. The second-order valence-electron chi connectivity index (χ2n) is 4.88. The number of rotatable bonds is 10. The molecule has 0 saturated heterocycles. The molecule has 0 saturated carbocycles. The van der Waals surface area contributed by atoms with E-state index in [-0.39, 0.29) is 13.2 Å². The molecule has 0 aromatic heterocycles. The van der Waals surface area contributed by atoms with E-state index < -0.39 is 6.16 Å². The van der Waals surface area contributed by atoms with Gasteiger partial charge in [-0.25, -0.2) is 4.79 Å². The van der Waals surface area contributed by atoms with E-state index >= 15 is 0 Å². The van der Waals surface area contributed by atoms with E-state index in [1.807, 2.05) is 0 Å². The van der Waals surface area contributed by atoms with Gasteiger partial charge in [0.25, 0.3) is 0 Å². The lowest BCUT2D eigenvalue weighted by Gasteiger charge is -2.09. The van der Waals surface area contributed by atoms with Gasteiger partial charge in [0.05, 0.1) is 13.2 Å². The molecular formula is C13H26O5. The van der Waals surface area contributed by atoms with Crippen LogP contribution in [-0.2, 0) is 18.9 Å². The van der Waals surface area contributed by atoms with E-state index in [2.05, 4.69) is 27.7 Å². The predicted molar refractivity (Wildman–Crippen MR) is 68.6 cm³/mol. The van der Waals surface area contributed by atoms with E-state index in [1.54, 1.807) is 0 Å². The van der Waals surface area contributed by atoms with Crippen molar-refractivity contribution in [3.05, 3.63) is 0 Å². The molecule has 0 aliphatic rings. The second kappa shape index (κ2) is 11.3. The quantitative estimate of drug-likeness (QED) is 0.447. The Morgan fingerprint density at radius 2 is 1.17 bits per heavy atom. The van der Waals surface area contributed by atoms with Gasteiger partial charge in [0.2, 0.25) is 0 Å². The lowest BCUT2D eigenvalue weighted by Crippen LogP contribution is -2.16. The summed E-state index contributed by atoms with van der Waals surface area (Å²) >= 11 is 0. The van der Waals surface area contributed by atoms with Crippen molar-refractivity contribution < 1.29 is 23.7 Å². The van der Waals surface area contributed by atoms with Crippen LogP contribution < -0.4 is 0 Å². The zero-order valence-electron chi connectivity index (χ0n) is 11.9. The summed E-state index contributed by atoms with van der Waals surface area (Å²) < 4.78 is 20.1. The standard InChI is InChI=1S/C13H26O5/c1-11(2)9-15-5-7-17-13(14)18-8-6-16-10-12(3)4/h11-12H,5-10H2,1-4H3. The van der Waals surface area contributed by atoms with Crippen molar-refractivity contribution in [1.82, 2.24) is 0 Å². The maximum absolute atomic E-state index is 11.1. The second-order valence-corrected chi connectivity index (χ2v) is 4.88. The molecule has 0 atom stereocenters. The maximum atomic E-state index is 11.1. The van der Waals surface area contributed by atoms with Crippen molar-refractivity contribution in [3.8, 4) is 0 Å². The van der Waals surface area contributed by atoms with Gasteiger partial charge in [0.15, 0.2) is 0 Å². The van der Waals surface area contributed by atoms with Crippen molar-refractivity contribution in [2.75, 3.05) is 39.6 Å². The Labute approximate surface area is 110 Å². The molecule has 0 rings (SSSR count). The molecule has 18 heavy (non-hydrogen) atoms. The number of ether oxygens (including phenoxy) is 4.